The van der Waals surface area contributed by atoms with Gasteiger partial charge in [-0.25, -0.2) is 0 Å². The molecule has 0 atom stereocenters. The molecule has 0 saturated carbocycles. The number of nitrogens with zero attached hydrogens (tertiary/aromatic N) is 2. The van der Waals surface area contributed by atoms with Gasteiger partial charge in [0.1, 0.15) is 11.6 Å². The molecule has 2 rings (SSSR count). The summed E-state index contributed by atoms with van der Waals surface area (Å²) in [7, 11) is 0. The zero-order valence-corrected chi connectivity index (χ0v) is 14.9. The van der Waals surface area contributed by atoms with E-state index in [1.807, 2.05) is 17.9 Å². The van der Waals surface area contributed by atoms with Crippen LogP contribution >= 0.6 is 11.6 Å². The molecule has 0 aliphatic carbocycles. The quantitative estimate of drug-likeness (QED) is 0.444. The third-order valence-electron chi connectivity index (χ3n) is 3.98. The topological polar surface area (TPSA) is 85.2 Å². The summed E-state index contributed by atoms with van der Waals surface area (Å²) in [4.78, 5) is 25.5. The Kier molecular flexibility index (Phi) is 6.84. The highest BCUT2D eigenvalue weighted by Gasteiger charge is 2.18. The second-order valence-corrected chi connectivity index (χ2v) is 6.31. The van der Waals surface area contributed by atoms with Crippen molar-refractivity contribution < 1.29 is 9.59 Å². The van der Waals surface area contributed by atoms with Crippen LogP contribution in [0.5, 0.6) is 0 Å². The van der Waals surface area contributed by atoms with Gasteiger partial charge in [-0.15, -0.1) is 0 Å². The molecule has 1 aliphatic heterocycles. The van der Waals surface area contributed by atoms with Gasteiger partial charge in [0.15, 0.2) is 0 Å². The number of nitrogens with one attached hydrogen (secondary N) is 2. The van der Waals surface area contributed by atoms with Crippen LogP contribution in [-0.2, 0) is 9.59 Å². The molecular formula is C18H21ClN4O2. The van der Waals surface area contributed by atoms with Crippen LogP contribution in [0.1, 0.15) is 24.8 Å². The minimum Gasteiger partial charge on any atom is -0.390 e. The van der Waals surface area contributed by atoms with Gasteiger partial charge in [-0.1, -0.05) is 17.7 Å². The summed E-state index contributed by atoms with van der Waals surface area (Å²) < 4.78 is 0. The monoisotopic (exact) mass is 360 g/mol. The molecule has 2 amide bonds. The first-order valence-corrected chi connectivity index (χ1v) is 8.58. The number of likely N-dealkylation sites (tertiary alicyclic amines) is 1. The van der Waals surface area contributed by atoms with Crippen molar-refractivity contribution in [2.24, 2.45) is 0 Å². The third kappa shape index (κ3) is 5.50. The Morgan fingerprint density at radius 3 is 2.96 bits per heavy atom. The van der Waals surface area contributed by atoms with Crippen molar-refractivity contribution in [3.8, 4) is 6.07 Å². The van der Waals surface area contributed by atoms with E-state index in [9.17, 15) is 9.59 Å². The molecule has 132 valence electrons. The van der Waals surface area contributed by atoms with Gasteiger partial charge < -0.3 is 15.5 Å². The molecule has 1 saturated heterocycles. The van der Waals surface area contributed by atoms with Gasteiger partial charge in [0.25, 0.3) is 5.91 Å². The zero-order valence-electron chi connectivity index (χ0n) is 14.1. The average molecular weight is 361 g/mol. The molecule has 0 radical (unpaired) electrons. The molecule has 25 heavy (non-hydrogen) atoms. The van der Waals surface area contributed by atoms with Crippen LogP contribution in [0, 0.1) is 18.3 Å². The van der Waals surface area contributed by atoms with Crippen LogP contribution in [0.2, 0.25) is 5.02 Å². The predicted molar refractivity (Wildman–Crippen MR) is 96.9 cm³/mol. The highest BCUT2D eigenvalue weighted by atomic mass is 35.5. The van der Waals surface area contributed by atoms with Crippen molar-refractivity contribution in [2.75, 3.05) is 25.0 Å². The molecular weight excluding hydrogens is 340 g/mol. The summed E-state index contributed by atoms with van der Waals surface area (Å²) in [6.45, 7) is 3.94. The Balaban J connectivity index is 1.82. The normalized spacial score (nSPS) is 14.4. The Morgan fingerprint density at radius 2 is 2.28 bits per heavy atom. The average Bonchev–Trinajstić information content (AvgIpc) is 2.99. The first-order valence-electron chi connectivity index (χ1n) is 8.20. The van der Waals surface area contributed by atoms with Crippen LogP contribution in [0.3, 0.4) is 0 Å². The third-order valence-corrected chi connectivity index (χ3v) is 4.21. The summed E-state index contributed by atoms with van der Waals surface area (Å²) in [6.07, 6.45) is 3.72. The molecule has 1 aliphatic rings. The van der Waals surface area contributed by atoms with E-state index in [4.69, 9.17) is 16.9 Å². The van der Waals surface area contributed by atoms with E-state index >= 15 is 0 Å². The minimum atomic E-state index is -0.491. The van der Waals surface area contributed by atoms with E-state index in [0.717, 1.165) is 24.9 Å². The summed E-state index contributed by atoms with van der Waals surface area (Å²) in [5, 5.41) is 15.3. The highest BCUT2D eigenvalue weighted by Crippen LogP contribution is 2.20. The number of carbonyl (C=O) groups is 2. The van der Waals surface area contributed by atoms with Gasteiger partial charge in [0.05, 0.1) is 0 Å². The van der Waals surface area contributed by atoms with Crippen LogP contribution in [0.4, 0.5) is 5.69 Å². The first kappa shape index (κ1) is 18.8. The van der Waals surface area contributed by atoms with E-state index in [1.165, 1.54) is 6.20 Å². The highest BCUT2D eigenvalue weighted by molar-refractivity contribution is 6.31. The predicted octanol–water partition coefficient (Wildman–Crippen LogP) is 2.60. The van der Waals surface area contributed by atoms with E-state index in [1.54, 1.807) is 18.2 Å². The van der Waals surface area contributed by atoms with Crippen molar-refractivity contribution in [3.05, 3.63) is 40.6 Å². The fourth-order valence-corrected chi connectivity index (χ4v) is 2.73. The molecule has 0 unspecified atom stereocenters. The Hall–Kier alpha value is -2.52. The lowest BCUT2D eigenvalue weighted by atomic mass is 10.2. The lowest BCUT2D eigenvalue weighted by Gasteiger charge is -2.14. The fraction of sp³-hybridized carbons (Fsp3) is 0.389. The number of nitriles is 1. The number of hydrogen-bond acceptors (Lipinski definition) is 4. The molecule has 2 N–H and O–H groups in total. The van der Waals surface area contributed by atoms with Crippen molar-refractivity contribution in [3.63, 3.8) is 0 Å². The second kappa shape index (κ2) is 9.09. The first-order chi connectivity index (χ1) is 12.0. The number of hydrogen-bond donors (Lipinski definition) is 2. The maximum atomic E-state index is 12.2. The van der Waals surface area contributed by atoms with Gasteiger partial charge >= 0.3 is 0 Å². The van der Waals surface area contributed by atoms with E-state index in [2.05, 4.69) is 10.6 Å². The summed E-state index contributed by atoms with van der Waals surface area (Å²) in [5.74, 6) is -0.292. The maximum absolute atomic E-state index is 12.2. The smallest absolute Gasteiger partial charge is 0.267 e. The van der Waals surface area contributed by atoms with Gasteiger partial charge in [-0.05, 0) is 37.5 Å². The lowest BCUT2D eigenvalue weighted by molar-refractivity contribution is -0.127. The Morgan fingerprint density at radius 1 is 1.48 bits per heavy atom. The fourth-order valence-electron chi connectivity index (χ4n) is 2.55. The van der Waals surface area contributed by atoms with Crippen LogP contribution < -0.4 is 10.6 Å². The molecule has 1 heterocycles. The van der Waals surface area contributed by atoms with Gasteiger partial charge in [0.2, 0.25) is 5.91 Å². The molecule has 1 fully saturated rings. The van der Waals surface area contributed by atoms with Crippen LogP contribution in [-0.4, -0.2) is 36.3 Å². The molecule has 0 bridgehead atoms. The van der Waals surface area contributed by atoms with E-state index in [-0.39, 0.29) is 11.5 Å². The molecule has 7 heteroatoms. The van der Waals surface area contributed by atoms with E-state index < -0.39 is 5.91 Å². The maximum Gasteiger partial charge on any atom is 0.267 e. The SMILES string of the molecule is Cc1ccc(Cl)cc1NC(=O)/C(C#N)=C\NCCCN1CCCC1=O. The number of benzene rings is 1. The Bertz CT molecular complexity index is 724. The minimum absolute atomic E-state index is 0.0170. The Labute approximate surface area is 152 Å². The molecule has 6 nitrogen and oxygen atoms in total. The molecule has 0 aromatic heterocycles. The van der Waals surface area contributed by atoms with Gasteiger partial charge in [0, 0.05) is 43.0 Å². The summed E-state index contributed by atoms with van der Waals surface area (Å²) in [5.41, 5.74) is 1.42. The van der Waals surface area contributed by atoms with Crippen molar-refractivity contribution in [1.29, 1.82) is 5.26 Å². The van der Waals surface area contributed by atoms with Crippen LogP contribution in [0.15, 0.2) is 30.0 Å². The largest absolute Gasteiger partial charge is 0.390 e. The summed E-state index contributed by atoms with van der Waals surface area (Å²) >= 11 is 5.92. The molecule has 1 aromatic carbocycles. The number of amides is 2. The van der Waals surface area contributed by atoms with Crippen molar-refractivity contribution in [1.82, 2.24) is 10.2 Å². The number of aryl methyl sites for hydroxylation is 1. The van der Waals surface area contributed by atoms with E-state index in [0.29, 0.717) is 30.2 Å². The molecule has 0 spiro atoms. The van der Waals surface area contributed by atoms with Gasteiger partial charge in [-0.3, -0.25) is 9.59 Å². The van der Waals surface area contributed by atoms with Crippen molar-refractivity contribution in [2.45, 2.75) is 26.2 Å². The standard InChI is InChI=1S/C18H21ClN4O2/c1-13-5-6-15(19)10-16(13)22-18(25)14(11-20)12-21-7-3-9-23-8-2-4-17(23)24/h5-6,10,12,21H,2-4,7-9H2,1H3,(H,22,25)/b14-12-. The molecule has 1 aromatic rings. The summed E-state index contributed by atoms with van der Waals surface area (Å²) in [6, 6.07) is 7.06. The van der Waals surface area contributed by atoms with Crippen molar-refractivity contribution >= 4 is 29.1 Å². The number of carbonyl (C=O) groups excluding carboxylic acids is 2. The number of halogens is 1. The van der Waals surface area contributed by atoms with Gasteiger partial charge in [-0.2, -0.15) is 5.26 Å². The second-order valence-electron chi connectivity index (χ2n) is 5.88. The van der Waals surface area contributed by atoms with Crippen LogP contribution in [0.25, 0.3) is 0 Å². The number of rotatable bonds is 7. The lowest BCUT2D eigenvalue weighted by Crippen LogP contribution is -2.27. The zero-order chi connectivity index (χ0) is 18.2. The number of anilines is 1.